The maximum Gasteiger partial charge on any atom is 0.192 e. The van der Waals surface area contributed by atoms with Crippen LogP contribution in [0.3, 0.4) is 0 Å². The Morgan fingerprint density at radius 2 is 1.43 bits per heavy atom. The Labute approximate surface area is 285 Å². The maximum atomic E-state index is 12.1. The number of hydrogen-bond acceptors (Lipinski definition) is 4. The van der Waals surface area contributed by atoms with Gasteiger partial charge in [-0.25, -0.2) is 0 Å². The van der Waals surface area contributed by atoms with Crippen LogP contribution in [0.5, 0.6) is 0 Å². The van der Waals surface area contributed by atoms with Crippen LogP contribution in [0.2, 0.25) is 36.3 Å². The quantitative estimate of drug-likeness (QED) is 0.186. The number of hydrogen-bond donors (Lipinski definition) is 1. The van der Waals surface area contributed by atoms with Crippen molar-refractivity contribution in [1.29, 1.82) is 0 Å². The summed E-state index contributed by atoms with van der Waals surface area (Å²) in [7, 11) is -3.80. The van der Waals surface area contributed by atoms with Gasteiger partial charge in [-0.15, -0.1) is 0 Å². The minimum absolute atomic E-state index is 0.134. The van der Waals surface area contributed by atoms with Gasteiger partial charge in [0.2, 0.25) is 0 Å². The van der Waals surface area contributed by atoms with Gasteiger partial charge < -0.3 is 14.0 Å². The summed E-state index contributed by atoms with van der Waals surface area (Å²) in [4.78, 5) is 12.1. The van der Waals surface area contributed by atoms with Gasteiger partial charge >= 0.3 is 0 Å². The number of Topliss-reactive ketones (excluding diaryl/α,β-unsaturated/α-hetero) is 1. The van der Waals surface area contributed by atoms with E-state index in [9.17, 15) is 9.90 Å². The molecule has 0 spiro atoms. The molecule has 0 bridgehead atoms. The van der Waals surface area contributed by atoms with E-state index in [0.717, 1.165) is 32.1 Å². The van der Waals surface area contributed by atoms with Gasteiger partial charge in [0.1, 0.15) is 5.78 Å². The van der Waals surface area contributed by atoms with Crippen LogP contribution in [0.1, 0.15) is 127 Å². The number of allylic oxidation sites excluding steroid dienone is 4. The highest BCUT2D eigenvalue weighted by Gasteiger charge is 2.53. The van der Waals surface area contributed by atoms with Gasteiger partial charge in [-0.05, 0) is 131 Å². The lowest BCUT2D eigenvalue weighted by atomic mass is 9.61. The molecule has 4 fully saturated rings. The molecule has 0 aromatic rings. The average Bonchev–Trinajstić information content (AvgIpc) is 3.65. The molecule has 0 amide bonds. The highest BCUT2D eigenvalue weighted by atomic mass is 28.4. The second-order valence-corrected chi connectivity index (χ2v) is 28.7. The number of fused-ring (bicyclic) bond motifs is 1. The molecule has 0 heterocycles. The molecule has 6 heteroatoms. The van der Waals surface area contributed by atoms with Crippen molar-refractivity contribution in [3.63, 3.8) is 0 Å². The highest BCUT2D eigenvalue weighted by Crippen LogP contribution is 2.60. The average molecular weight is 671 g/mol. The number of carbonyl (C=O) groups is 1. The number of aliphatic hydroxyl groups is 1. The van der Waals surface area contributed by atoms with Crippen molar-refractivity contribution in [2.24, 2.45) is 28.6 Å². The largest absolute Gasteiger partial charge is 0.414 e. The fourth-order valence-electron chi connectivity index (χ4n) is 8.59. The second kappa shape index (κ2) is 13.5. The molecule has 4 aliphatic rings. The summed E-state index contributed by atoms with van der Waals surface area (Å²) in [5, 5.41) is 11.2. The van der Waals surface area contributed by atoms with Gasteiger partial charge in [-0.2, -0.15) is 0 Å². The second-order valence-electron chi connectivity index (χ2n) is 19.2. The van der Waals surface area contributed by atoms with Gasteiger partial charge in [0.25, 0.3) is 0 Å². The number of carbonyl (C=O) groups excluding carboxylic acids is 1. The first-order chi connectivity index (χ1) is 21.0. The molecule has 4 nitrogen and oxygen atoms in total. The van der Waals surface area contributed by atoms with Crippen molar-refractivity contribution >= 4 is 22.4 Å². The van der Waals surface area contributed by atoms with Gasteiger partial charge in [0, 0.05) is 0 Å². The third-order valence-electron chi connectivity index (χ3n) is 13.9. The molecule has 0 unspecified atom stereocenters. The van der Waals surface area contributed by atoms with Crippen LogP contribution in [0, 0.1) is 28.6 Å². The first kappa shape index (κ1) is 38.0. The molecule has 46 heavy (non-hydrogen) atoms. The van der Waals surface area contributed by atoms with Crippen molar-refractivity contribution in [2.75, 3.05) is 0 Å². The maximum absolute atomic E-state index is 12.1. The Bertz CT molecular complexity index is 1160. The van der Waals surface area contributed by atoms with E-state index in [0.29, 0.717) is 17.8 Å². The topological polar surface area (TPSA) is 55.8 Å². The fourth-order valence-corrected chi connectivity index (χ4v) is 11.3. The van der Waals surface area contributed by atoms with Crippen molar-refractivity contribution < 1.29 is 18.8 Å². The lowest BCUT2D eigenvalue weighted by Crippen LogP contribution is -2.48. The summed E-state index contributed by atoms with van der Waals surface area (Å²) in [6.45, 7) is 30.1. The van der Waals surface area contributed by atoms with Crippen LogP contribution >= 0.6 is 0 Å². The summed E-state index contributed by atoms with van der Waals surface area (Å²) in [6.07, 6.45) is 19.9. The Morgan fingerprint density at radius 1 is 0.891 bits per heavy atom. The third-order valence-corrected chi connectivity index (χ3v) is 23.0. The van der Waals surface area contributed by atoms with Gasteiger partial charge in [0.15, 0.2) is 16.6 Å². The van der Waals surface area contributed by atoms with Crippen LogP contribution in [0.15, 0.2) is 35.5 Å². The van der Waals surface area contributed by atoms with Crippen LogP contribution in [-0.2, 0) is 13.6 Å². The molecule has 0 aromatic carbocycles. The van der Waals surface area contributed by atoms with E-state index in [1.807, 2.05) is 6.08 Å². The van der Waals surface area contributed by atoms with E-state index in [1.165, 1.54) is 37.7 Å². The molecule has 0 aliphatic heterocycles. The van der Waals surface area contributed by atoms with Crippen LogP contribution in [0.4, 0.5) is 0 Å². The molecule has 7 atom stereocenters. The Kier molecular flexibility index (Phi) is 11.1. The molecule has 4 rings (SSSR count). The normalized spacial score (nSPS) is 32.8. The summed E-state index contributed by atoms with van der Waals surface area (Å²) in [5.41, 5.74) is 2.92. The Balaban J connectivity index is 1.52. The van der Waals surface area contributed by atoms with Crippen LogP contribution in [0.25, 0.3) is 0 Å². The summed E-state index contributed by atoms with van der Waals surface area (Å²) in [6, 6.07) is 0. The Hall–Kier alpha value is -0.796. The molecule has 4 aliphatic carbocycles. The summed E-state index contributed by atoms with van der Waals surface area (Å²) in [5.74, 6) is 1.75. The highest BCUT2D eigenvalue weighted by molar-refractivity contribution is 6.74. The monoisotopic (exact) mass is 670 g/mol. The van der Waals surface area contributed by atoms with E-state index in [1.54, 1.807) is 12.5 Å². The molecule has 0 saturated heterocycles. The van der Waals surface area contributed by atoms with Crippen LogP contribution < -0.4 is 0 Å². The zero-order valence-corrected chi connectivity index (χ0v) is 34.0. The minimum atomic E-state index is -1.90. The zero-order valence-electron chi connectivity index (χ0n) is 32.0. The first-order valence-electron chi connectivity index (χ1n) is 18.6. The van der Waals surface area contributed by atoms with E-state index in [-0.39, 0.29) is 33.5 Å². The molecule has 262 valence electrons. The molecule has 4 saturated carbocycles. The van der Waals surface area contributed by atoms with Crippen molar-refractivity contribution in [1.82, 2.24) is 0 Å². The SMILES string of the molecule is CC(=O)C1([C@H](O)/C=C/[C@@H](C)[C@H]2CC[C@H]3/C(=C/C=C4C[C@@H](O[Si](C)(C)C(C)(C)C)C[C@H](O[Si](C)(C)C(C)(C)C)C4)CCC[C@]23C)CC1. The number of rotatable bonds is 10. The minimum Gasteiger partial charge on any atom is -0.414 e. The van der Waals surface area contributed by atoms with E-state index in [4.69, 9.17) is 8.85 Å². The lowest BCUT2D eigenvalue weighted by Gasteiger charge is -2.45. The van der Waals surface area contributed by atoms with Gasteiger partial charge in [-0.3, -0.25) is 4.79 Å². The molecule has 1 N–H and O–H groups in total. The lowest BCUT2D eigenvalue weighted by molar-refractivity contribution is -0.124. The molecule has 0 aromatic heterocycles. The summed E-state index contributed by atoms with van der Waals surface area (Å²) >= 11 is 0. The molecule has 0 radical (unpaired) electrons. The smallest absolute Gasteiger partial charge is 0.192 e. The van der Waals surface area contributed by atoms with Crippen molar-refractivity contribution in [2.45, 2.75) is 181 Å². The van der Waals surface area contributed by atoms with Crippen LogP contribution in [-0.4, -0.2) is 45.8 Å². The predicted molar refractivity (Wildman–Crippen MR) is 199 cm³/mol. The van der Waals surface area contributed by atoms with Gasteiger partial charge in [-0.1, -0.05) is 90.8 Å². The number of ketones is 1. The number of aliphatic hydroxyl groups excluding tert-OH is 1. The van der Waals surface area contributed by atoms with Crippen molar-refractivity contribution in [3.8, 4) is 0 Å². The molecular weight excluding hydrogens is 601 g/mol. The van der Waals surface area contributed by atoms with Gasteiger partial charge in [0.05, 0.1) is 23.7 Å². The predicted octanol–water partition coefficient (Wildman–Crippen LogP) is 10.9. The Morgan fingerprint density at radius 3 is 1.91 bits per heavy atom. The fraction of sp³-hybridized carbons (Fsp3) is 0.825. The zero-order chi connectivity index (χ0) is 34.5. The van der Waals surface area contributed by atoms with E-state index >= 15 is 0 Å². The standard InChI is InChI=1S/C40H70O4Si2/c1-28(16-21-36(42)40(23-24-40)29(2)41)34-19-20-35-31(15-14-22-39(34,35)9)18-17-30-25-32(43-45(10,11)37(3,4)5)27-33(26-30)44-46(12,13)38(6,7)8/h16-18,21,28,32-36,42H,14-15,19-20,22-27H2,1-13H3/b21-16+,31-18+/t28-,32-,33-,34-,35+,36-,39-/m1/s1. The van der Waals surface area contributed by atoms with E-state index in [2.05, 4.69) is 99.8 Å². The first-order valence-corrected chi connectivity index (χ1v) is 24.5. The van der Waals surface area contributed by atoms with E-state index < -0.39 is 28.2 Å². The summed E-state index contributed by atoms with van der Waals surface area (Å²) < 4.78 is 14.1. The van der Waals surface area contributed by atoms with Crippen molar-refractivity contribution in [3.05, 3.63) is 35.5 Å². The molecular formula is C40H70O4Si2. The third kappa shape index (κ3) is 7.98.